The summed E-state index contributed by atoms with van der Waals surface area (Å²) in [5.41, 5.74) is 0.936. The van der Waals surface area contributed by atoms with Crippen LogP contribution >= 0.6 is 0 Å². The van der Waals surface area contributed by atoms with E-state index in [4.69, 9.17) is 4.74 Å². The monoisotopic (exact) mass is 252 g/mol. The van der Waals surface area contributed by atoms with Crippen molar-refractivity contribution in [3.8, 4) is 0 Å². The molecule has 0 aromatic rings. The van der Waals surface area contributed by atoms with Crippen LogP contribution in [0.1, 0.15) is 39.5 Å². The van der Waals surface area contributed by atoms with Gasteiger partial charge in [0, 0.05) is 13.0 Å². The van der Waals surface area contributed by atoms with Gasteiger partial charge in [-0.25, -0.2) is 0 Å². The summed E-state index contributed by atoms with van der Waals surface area (Å²) in [5, 5.41) is 19.8. The van der Waals surface area contributed by atoms with Gasteiger partial charge in [-0.15, -0.1) is 0 Å². The summed E-state index contributed by atoms with van der Waals surface area (Å²) in [7, 11) is 0. The van der Waals surface area contributed by atoms with Gasteiger partial charge >= 0.3 is 0 Å². The standard InChI is InChI=1S/C15H24O3/c1-9-10-7-14(2,8-16)11(10)4-5-15(3)13(18-15)6-12(9)17/h10-13,16-17H,1,4-8H2,2-3H3/t10-,11-,12-,13-,14+,15+/m1/s1. The van der Waals surface area contributed by atoms with E-state index in [9.17, 15) is 10.2 Å². The van der Waals surface area contributed by atoms with Crippen LogP contribution in [0.25, 0.3) is 0 Å². The predicted molar refractivity (Wildman–Crippen MR) is 69.1 cm³/mol. The molecule has 102 valence electrons. The minimum absolute atomic E-state index is 0.0123. The van der Waals surface area contributed by atoms with Crippen molar-refractivity contribution in [1.82, 2.24) is 0 Å². The van der Waals surface area contributed by atoms with Crippen molar-refractivity contribution < 1.29 is 14.9 Å². The minimum atomic E-state index is -0.439. The fraction of sp³-hybridized carbons (Fsp3) is 0.867. The molecular formula is C15H24O3. The second kappa shape index (κ2) is 3.81. The molecule has 0 unspecified atom stereocenters. The number of hydrogen-bond donors (Lipinski definition) is 2. The molecule has 3 heteroatoms. The number of ether oxygens (including phenoxy) is 1. The molecule has 0 aromatic carbocycles. The smallest absolute Gasteiger partial charge is 0.0921 e. The third-order valence-corrected chi connectivity index (χ3v) is 5.76. The Balaban J connectivity index is 1.82. The van der Waals surface area contributed by atoms with Crippen LogP contribution in [-0.4, -0.2) is 34.6 Å². The van der Waals surface area contributed by atoms with Gasteiger partial charge in [-0.2, -0.15) is 0 Å². The van der Waals surface area contributed by atoms with E-state index in [0.717, 1.165) is 24.8 Å². The second-order valence-electron chi connectivity index (χ2n) is 7.01. The van der Waals surface area contributed by atoms with Crippen LogP contribution in [0.2, 0.25) is 0 Å². The molecule has 0 radical (unpaired) electrons. The summed E-state index contributed by atoms with van der Waals surface area (Å²) in [6.07, 6.45) is 3.52. The SMILES string of the molecule is C=C1[C@H](O)C[C@H]2O[C@@]2(C)CC[C@@H]2[C@@H]1C[C@@]2(C)CO. The number of epoxide rings is 1. The van der Waals surface area contributed by atoms with Gasteiger partial charge in [0.2, 0.25) is 0 Å². The summed E-state index contributed by atoms with van der Waals surface area (Å²) >= 11 is 0. The van der Waals surface area contributed by atoms with Crippen LogP contribution in [0.5, 0.6) is 0 Å². The van der Waals surface area contributed by atoms with Crippen LogP contribution in [0.15, 0.2) is 12.2 Å². The number of hydrogen-bond acceptors (Lipinski definition) is 3. The average Bonchev–Trinajstić information content (AvgIpc) is 2.94. The van der Waals surface area contributed by atoms with Gasteiger partial charge in [0.1, 0.15) is 0 Å². The summed E-state index contributed by atoms with van der Waals surface area (Å²) in [6, 6.07) is 0. The van der Waals surface area contributed by atoms with Crippen molar-refractivity contribution >= 4 is 0 Å². The summed E-state index contributed by atoms with van der Waals surface area (Å²) < 4.78 is 5.75. The summed E-state index contributed by atoms with van der Waals surface area (Å²) in [5.74, 6) is 0.836. The Labute approximate surface area is 109 Å². The molecule has 2 N–H and O–H groups in total. The highest BCUT2D eigenvalue weighted by Crippen LogP contribution is 2.59. The minimum Gasteiger partial charge on any atom is -0.396 e. The predicted octanol–water partition coefficient (Wildman–Crippen LogP) is 1.88. The molecule has 3 nitrogen and oxygen atoms in total. The summed E-state index contributed by atoms with van der Waals surface area (Å²) in [6.45, 7) is 8.64. The zero-order chi connectivity index (χ0) is 13.1. The second-order valence-corrected chi connectivity index (χ2v) is 7.01. The van der Waals surface area contributed by atoms with Crippen molar-refractivity contribution in [3.63, 3.8) is 0 Å². The lowest BCUT2D eigenvalue weighted by Crippen LogP contribution is -2.50. The molecule has 6 atom stereocenters. The maximum absolute atomic E-state index is 10.2. The highest BCUT2D eigenvalue weighted by atomic mass is 16.6. The van der Waals surface area contributed by atoms with Gasteiger partial charge in [-0.3, -0.25) is 0 Å². The van der Waals surface area contributed by atoms with Gasteiger partial charge in [0.05, 0.1) is 17.8 Å². The van der Waals surface area contributed by atoms with Crippen molar-refractivity contribution in [2.45, 2.75) is 57.3 Å². The Morgan fingerprint density at radius 3 is 2.83 bits per heavy atom. The number of rotatable bonds is 1. The normalized spacial score (nSPS) is 55.4. The molecule has 3 fully saturated rings. The van der Waals surface area contributed by atoms with E-state index in [0.29, 0.717) is 18.3 Å². The maximum Gasteiger partial charge on any atom is 0.0921 e. The molecule has 2 aliphatic carbocycles. The van der Waals surface area contributed by atoms with Crippen LogP contribution in [-0.2, 0) is 4.74 Å². The van der Waals surface area contributed by atoms with E-state index in [1.807, 2.05) is 0 Å². The first kappa shape index (κ1) is 12.6. The average molecular weight is 252 g/mol. The van der Waals surface area contributed by atoms with Gasteiger partial charge in [0.25, 0.3) is 0 Å². The molecule has 0 amide bonds. The number of aliphatic hydroxyl groups excluding tert-OH is 2. The maximum atomic E-state index is 10.2. The van der Waals surface area contributed by atoms with Crippen LogP contribution in [0, 0.1) is 17.3 Å². The molecule has 0 bridgehead atoms. The van der Waals surface area contributed by atoms with E-state index in [-0.39, 0.29) is 23.7 Å². The Kier molecular flexibility index (Phi) is 2.68. The highest BCUT2D eigenvalue weighted by molar-refractivity contribution is 5.20. The van der Waals surface area contributed by atoms with E-state index in [1.165, 1.54) is 0 Å². The third kappa shape index (κ3) is 1.68. The van der Waals surface area contributed by atoms with Crippen molar-refractivity contribution in [3.05, 3.63) is 12.2 Å². The van der Waals surface area contributed by atoms with Crippen molar-refractivity contribution in [2.24, 2.45) is 17.3 Å². The van der Waals surface area contributed by atoms with Gasteiger partial charge in [-0.1, -0.05) is 13.5 Å². The van der Waals surface area contributed by atoms with E-state index >= 15 is 0 Å². The van der Waals surface area contributed by atoms with E-state index in [1.54, 1.807) is 0 Å². The Morgan fingerprint density at radius 2 is 2.17 bits per heavy atom. The largest absolute Gasteiger partial charge is 0.396 e. The molecule has 0 spiro atoms. The lowest BCUT2D eigenvalue weighted by molar-refractivity contribution is -0.0659. The molecular weight excluding hydrogens is 228 g/mol. The zero-order valence-electron chi connectivity index (χ0n) is 11.4. The van der Waals surface area contributed by atoms with Gasteiger partial charge in [-0.05, 0) is 49.0 Å². The third-order valence-electron chi connectivity index (χ3n) is 5.76. The molecule has 3 aliphatic rings. The van der Waals surface area contributed by atoms with Crippen LogP contribution in [0.3, 0.4) is 0 Å². The first-order valence-electron chi connectivity index (χ1n) is 7.05. The first-order valence-corrected chi connectivity index (χ1v) is 7.05. The first-order chi connectivity index (χ1) is 8.39. The molecule has 3 rings (SSSR count). The van der Waals surface area contributed by atoms with Crippen molar-refractivity contribution in [1.29, 1.82) is 0 Å². The lowest BCUT2D eigenvalue weighted by Gasteiger charge is -2.54. The Bertz CT molecular complexity index is 380. The Morgan fingerprint density at radius 1 is 1.44 bits per heavy atom. The number of aliphatic hydroxyl groups is 2. The van der Waals surface area contributed by atoms with Crippen molar-refractivity contribution in [2.75, 3.05) is 6.61 Å². The Hall–Kier alpha value is -0.380. The van der Waals surface area contributed by atoms with E-state index in [2.05, 4.69) is 20.4 Å². The molecule has 1 aliphatic heterocycles. The zero-order valence-corrected chi connectivity index (χ0v) is 11.4. The topological polar surface area (TPSA) is 53.0 Å². The molecule has 1 heterocycles. The highest BCUT2D eigenvalue weighted by Gasteiger charge is 2.58. The summed E-state index contributed by atoms with van der Waals surface area (Å²) in [4.78, 5) is 0. The van der Waals surface area contributed by atoms with Crippen LogP contribution in [0.4, 0.5) is 0 Å². The van der Waals surface area contributed by atoms with Crippen LogP contribution < -0.4 is 0 Å². The molecule has 2 saturated carbocycles. The lowest BCUT2D eigenvalue weighted by atomic mass is 9.51. The fourth-order valence-electron chi connectivity index (χ4n) is 4.09. The fourth-order valence-corrected chi connectivity index (χ4v) is 4.09. The van der Waals surface area contributed by atoms with Gasteiger partial charge < -0.3 is 14.9 Å². The van der Waals surface area contributed by atoms with Gasteiger partial charge in [0.15, 0.2) is 0 Å². The van der Waals surface area contributed by atoms with E-state index < -0.39 is 6.10 Å². The molecule has 1 saturated heterocycles. The molecule has 18 heavy (non-hydrogen) atoms. The quantitative estimate of drug-likeness (QED) is 0.553. The number of fused-ring (bicyclic) bond motifs is 2. The molecule has 0 aromatic heterocycles.